The number of nitrogens with zero attached hydrogens (tertiary/aromatic N) is 3. The highest BCUT2D eigenvalue weighted by molar-refractivity contribution is 5.98. The minimum absolute atomic E-state index is 0.0818. The summed E-state index contributed by atoms with van der Waals surface area (Å²) in [6.45, 7) is 12.0. The van der Waals surface area contributed by atoms with Crippen LogP contribution in [0.2, 0.25) is 0 Å². The van der Waals surface area contributed by atoms with Gasteiger partial charge in [-0.1, -0.05) is 12.2 Å². The van der Waals surface area contributed by atoms with Gasteiger partial charge in [0, 0.05) is 60.1 Å². The zero-order valence-corrected chi connectivity index (χ0v) is 21.4. The van der Waals surface area contributed by atoms with E-state index in [4.69, 9.17) is 14.6 Å². The van der Waals surface area contributed by atoms with Crippen LogP contribution >= 0.6 is 0 Å². The van der Waals surface area contributed by atoms with Gasteiger partial charge in [-0.3, -0.25) is 4.79 Å². The van der Waals surface area contributed by atoms with Crippen molar-refractivity contribution in [2.24, 2.45) is 0 Å². The number of carbonyl (C=O) groups excluding carboxylic acids is 1. The Kier molecular flexibility index (Phi) is 6.58. The molecule has 3 heterocycles. The predicted molar refractivity (Wildman–Crippen MR) is 136 cm³/mol. The van der Waals surface area contributed by atoms with Crippen molar-refractivity contribution in [2.45, 2.75) is 59.0 Å². The largest absolute Gasteiger partial charge is 0.496 e. The van der Waals surface area contributed by atoms with Gasteiger partial charge in [-0.15, -0.1) is 0 Å². The molecule has 2 aliphatic heterocycles. The lowest BCUT2D eigenvalue weighted by Crippen LogP contribution is -2.43. The SMILES string of the molecule is C/C=C\C(=C/C)n1nc(C(=O)N(C)C(C)(C)C)c2c1-c1cc(C3CCOC3)c(OC)cc1NC2. The molecule has 1 aromatic heterocycles. The number of fused-ring (bicyclic) bond motifs is 3. The van der Waals surface area contributed by atoms with Gasteiger partial charge in [0.25, 0.3) is 5.91 Å². The summed E-state index contributed by atoms with van der Waals surface area (Å²) in [6, 6.07) is 4.26. The van der Waals surface area contributed by atoms with Crippen molar-refractivity contribution in [1.29, 1.82) is 0 Å². The Bertz CT molecular complexity index is 1150. The third-order valence-corrected chi connectivity index (χ3v) is 6.82. The number of ether oxygens (including phenoxy) is 2. The Balaban J connectivity index is 1.95. The standard InChI is InChI=1S/C27H36N4O3/c1-8-10-18(9-2)31-25-20-13-19(17-11-12-34-16-17)23(33-7)14-22(20)28-15-21(25)24(29-31)26(32)30(6)27(3,4)5/h8-10,13-14,17,28H,11-12,15-16H2,1-7H3/b10-8-,18-9+. The van der Waals surface area contributed by atoms with Crippen LogP contribution in [0.3, 0.4) is 0 Å². The topological polar surface area (TPSA) is 68.6 Å². The molecule has 1 atom stereocenters. The van der Waals surface area contributed by atoms with Gasteiger partial charge in [-0.25, -0.2) is 4.68 Å². The van der Waals surface area contributed by atoms with Crippen LogP contribution in [0.1, 0.15) is 68.6 Å². The smallest absolute Gasteiger partial charge is 0.274 e. The normalized spacial score (nSPS) is 18.0. The number of rotatable bonds is 5. The maximum Gasteiger partial charge on any atom is 0.274 e. The predicted octanol–water partition coefficient (Wildman–Crippen LogP) is 5.30. The number of aromatic nitrogens is 2. The van der Waals surface area contributed by atoms with Gasteiger partial charge in [0.1, 0.15) is 5.75 Å². The molecule has 1 amide bonds. The molecule has 2 aromatic rings. The molecule has 4 rings (SSSR count). The molecule has 34 heavy (non-hydrogen) atoms. The Morgan fingerprint density at radius 2 is 2.09 bits per heavy atom. The number of methoxy groups -OCH3 is 1. The van der Waals surface area contributed by atoms with Gasteiger partial charge < -0.3 is 19.7 Å². The summed E-state index contributed by atoms with van der Waals surface area (Å²) in [4.78, 5) is 15.3. The van der Waals surface area contributed by atoms with Gasteiger partial charge in [-0.2, -0.15) is 5.10 Å². The Labute approximate surface area is 202 Å². The van der Waals surface area contributed by atoms with E-state index in [-0.39, 0.29) is 17.4 Å². The van der Waals surface area contributed by atoms with Gasteiger partial charge in [0.05, 0.1) is 25.1 Å². The van der Waals surface area contributed by atoms with E-state index in [1.807, 2.05) is 64.6 Å². The highest BCUT2D eigenvalue weighted by Gasteiger charge is 2.34. The van der Waals surface area contributed by atoms with Crippen molar-refractivity contribution >= 4 is 17.3 Å². The van der Waals surface area contributed by atoms with Crippen molar-refractivity contribution in [3.05, 3.63) is 47.2 Å². The molecular weight excluding hydrogens is 428 g/mol. The summed E-state index contributed by atoms with van der Waals surface area (Å²) in [5.41, 5.74) is 6.09. The van der Waals surface area contributed by atoms with Crippen LogP contribution < -0.4 is 10.1 Å². The number of hydrogen-bond donors (Lipinski definition) is 1. The molecule has 1 N–H and O–H groups in total. The number of carbonyl (C=O) groups is 1. The first-order valence-electron chi connectivity index (χ1n) is 11.9. The fourth-order valence-electron chi connectivity index (χ4n) is 4.57. The lowest BCUT2D eigenvalue weighted by Gasteiger charge is -2.31. The van der Waals surface area contributed by atoms with E-state index in [1.54, 1.807) is 12.0 Å². The second kappa shape index (κ2) is 9.29. The zero-order valence-electron chi connectivity index (χ0n) is 21.4. The first kappa shape index (κ1) is 24.1. The quantitative estimate of drug-likeness (QED) is 0.609. The van der Waals surface area contributed by atoms with Crippen molar-refractivity contribution in [1.82, 2.24) is 14.7 Å². The molecular formula is C27H36N4O3. The van der Waals surface area contributed by atoms with Crippen LogP contribution in [0.25, 0.3) is 17.0 Å². The molecule has 0 aliphatic carbocycles. The molecule has 182 valence electrons. The zero-order chi connectivity index (χ0) is 24.6. The molecule has 7 nitrogen and oxygen atoms in total. The van der Waals surface area contributed by atoms with Crippen LogP contribution in [-0.2, 0) is 11.3 Å². The Morgan fingerprint density at radius 1 is 1.32 bits per heavy atom. The summed E-state index contributed by atoms with van der Waals surface area (Å²) < 4.78 is 13.3. The third kappa shape index (κ3) is 4.13. The van der Waals surface area contributed by atoms with Crippen molar-refractivity contribution in [3.8, 4) is 17.0 Å². The van der Waals surface area contributed by atoms with Crippen LogP contribution in [0.5, 0.6) is 5.75 Å². The number of benzene rings is 1. The van der Waals surface area contributed by atoms with Crippen LogP contribution in [0.4, 0.5) is 5.69 Å². The molecule has 0 bridgehead atoms. The summed E-state index contributed by atoms with van der Waals surface area (Å²) >= 11 is 0. The minimum Gasteiger partial charge on any atom is -0.496 e. The van der Waals surface area contributed by atoms with Crippen LogP contribution in [0, 0.1) is 0 Å². The van der Waals surface area contributed by atoms with Crippen molar-refractivity contribution in [2.75, 3.05) is 32.7 Å². The number of anilines is 1. The third-order valence-electron chi connectivity index (χ3n) is 6.82. The molecule has 0 saturated carbocycles. The van der Waals surface area contributed by atoms with E-state index < -0.39 is 0 Å². The van der Waals surface area contributed by atoms with Gasteiger partial charge in [0.2, 0.25) is 0 Å². The van der Waals surface area contributed by atoms with Crippen molar-refractivity contribution < 1.29 is 14.3 Å². The monoisotopic (exact) mass is 464 g/mol. The van der Waals surface area contributed by atoms with E-state index in [0.717, 1.165) is 52.5 Å². The first-order chi connectivity index (χ1) is 16.2. The Hall–Kier alpha value is -3.06. The second-order valence-electron chi connectivity index (χ2n) is 9.89. The maximum atomic E-state index is 13.6. The van der Waals surface area contributed by atoms with E-state index in [2.05, 4.69) is 17.4 Å². The molecule has 0 spiro atoms. The molecule has 1 unspecified atom stereocenters. The number of hydrogen-bond acceptors (Lipinski definition) is 5. The Morgan fingerprint density at radius 3 is 2.68 bits per heavy atom. The fourth-order valence-corrected chi connectivity index (χ4v) is 4.57. The maximum absolute atomic E-state index is 13.6. The second-order valence-corrected chi connectivity index (χ2v) is 9.89. The van der Waals surface area contributed by atoms with Crippen LogP contribution in [0.15, 0.2) is 30.4 Å². The lowest BCUT2D eigenvalue weighted by molar-refractivity contribution is 0.0648. The first-order valence-corrected chi connectivity index (χ1v) is 11.9. The molecule has 2 aliphatic rings. The average molecular weight is 465 g/mol. The van der Waals surface area contributed by atoms with Crippen molar-refractivity contribution in [3.63, 3.8) is 0 Å². The summed E-state index contributed by atoms with van der Waals surface area (Å²) in [5, 5.41) is 8.41. The highest BCUT2D eigenvalue weighted by atomic mass is 16.5. The van der Waals surface area contributed by atoms with Gasteiger partial charge in [0.15, 0.2) is 5.69 Å². The summed E-state index contributed by atoms with van der Waals surface area (Å²) in [7, 11) is 3.55. The average Bonchev–Trinajstić information content (AvgIpc) is 3.48. The molecule has 7 heteroatoms. The number of nitrogens with one attached hydrogen (secondary N) is 1. The minimum atomic E-state index is -0.316. The highest BCUT2D eigenvalue weighted by Crippen LogP contribution is 2.45. The summed E-state index contributed by atoms with van der Waals surface area (Å²) in [5.74, 6) is 1.06. The molecule has 0 radical (unpaired) electrons. The molecule has 1 fully saturated rings. The van der Waals surface area contributed by atoms with Gasteiger partial charge in [-0.05, 0) is 53.2 Å². The fraction of sp³-hybridized carbons (Fsp3) is 0.481. The summed E-state index contributed by atoms with van der Waals surface area (Å²) in [6.07, 6.45) is 6.99. The van der Waals surface area contributed by atoms with E-state index in [1.165, 1.54) is 0 Å². The van der Waals surface area contributed by atoms with Crippen LogP contribution in [-0.4, -0.2) is 53.5 Å². The number of allylic oxidation sites excluding steroid dienone is 4. The molecule has 1 aromatic carbocycles. The van der Waals surface area contributed by atoms with E-state index in [9.17, 15) is 4.79 Å². The van der Waals surface area contributed by atoms with E-state index in [0.29, 0.717) is 18.8 Å². The van der Waals surface area contributed by atoms with Gasteiger partial charge >= 0.3 is 0 Å². The number of amides is 1. The molecule has 1 saturated heterocycles. The van der Waals surface area contributed by atoms with E-state index >= 15 is 0 Å². The lowest BCUT2D eigenvalue weighted by atomic mass is 9.91.